The van der Waals surface area contributed by atoms with Gasteiger partial charge >= 0.3 is 0 Å². The molecule has 0 fully saturated rings. The number of benzene rings is 1. The molecule has 0 atom stereocenters. The summed E-state index contributed by atoms with van der Waals surface area (Å²) in [4.78, 5) is 12.0. The van der Waals surface area contributed by atoms with Gasteiger partial charge in [-0.2, -0.15) is 0 Å². The van der Waals surface area contributed by atoms with Gasteiger partial charge in [-0.15, -0.1) is 11.8 Å². The number of rotatable bonds is 0. The predicted octanol–water partition coefficient (Wildman–Crippen LogP) is 2.50. The summed E-state index contributed by atoms with van der Waals surface area (Å²) in [6.45, 7) is 0. The van der Waals surface area contributed by atoms with E-state index in [4.69, 9.17) is 0 Å². The van der Waals surface area contributed by atoms with E-state index in [-0.39, 0.29) is 17.2 Å². The largest absolute Gasteiger partial charge is 0.294 e. The Morgan fingerprint density at radius 3 is 3.00 bits per heavy atom. The molecular formula is C9H7FOS. The predicted molar refractivity (Wildman–Crippen MR) is 46.1 cm³/mol. The Morgan fingerprint density at radius 1 is 1.42 bits per heavy atom. The van der Waals surface area contributed by atoms with Crippen LogP contribution in [0.5, 0.6) is 0 Å². The molecule has 1 aliphatic heterocycles. The third-order valence-electron chi connectivity index (χ3n) is 1.84. The average molecular weight is 182 g/mol. The summed E-state index contributed by atoms with van der Waals surface area (Å²) in [6, 6.07) is 4.77. The number of carbonyl (C=O) groups excluding carboxylic acids is 1. The second-order valence-corrected chi connectivity index (χ2v) is 3.77. The summed E-state index contributed by atoms with van der Waals surface area (Å²) in [5.74, 6) is 0.321. The molecule has 0 bridgehead atoms. The number of Topliss-reactive ketones (excluding diaryl/α,β-unsaturated/α-hetero) is 1. The van der Waals surface area contributed by atoms with E-state index < -0.39 is 0 Å². The van der Waals surface area contributed by atoms with E-state index in [0.29, 0.717) is 6.42 Å². The highest BCUT2D eigenvalue weighted by atomic mass is 32.2. The molecule has 1 aliphatic rings. The van der Waals surface area contributed by atoms with Gasteiger partial charge in [-0.25, -0.2) is 4.39 Å². The minimum Gasteiger partial charge on any atom is -0.294 e. The fraction of sp³-hybridized carbons (Fsp3) is 0.222. The SMILES string of the molecule is O=C1CCSc2cccc(F)c21. The quantitative estimate of drug-likeness (QED) is 0.613. The lowest BCUT2D eigenvalue weighted by Crippen LogP contribution is -2.10. The van der Waals surface area contributed by atoms with Crippen molar-refractivity contribution in [2.24, 2.45) is 0 Å². The van der Waals surface area contributed by atoms with Gasteiger partial charge in [0, 0.05) is 17.1 Å². The lowest BCUT2D eigenvalue weighted by Gasteiger charge is -2.13. The highest BCUT2D eigenvalue weighted by molar-refractivity contribution is 7.99. The van der Waals surface area contributed by atoms with Gasteiger partial charge in [0.1, 0.15) is 5.82 Å². The van der Waals surface area contributed by atoms with Crippen LogP contribution in [-0.4, -0.2) is 11.5 Å². The third-order valence-corrected chi connectivity index (χ3v) is 2.90. The fourth-order valence-electron chi connectivity index (χ4n) is 1.27. The molecule has 0 amide bonds. The van der Waals surface area contributed by atoms with Crippen LogP contribution in [0.15, 0.2) is 23.1 Å². The third kappa shape index (κ3) is 1.14. The van der Waals surface area contributed by atoms with E-state index >= 15 is 0 Å². The zero-order valence-electron chi connectivity index (χ0n) is 6.34. The maximum absolute atomic E-state index is 13.1. The maximum atomic E-state index is 13.1. The fourth-order valence-corrected chi connectivity index (χ4v) is 2.31. The molecule has 12 heavy (non-hydrogen) atoms. The van der Waals surface area contributed by atoms with Crippen molar-refractivity contribution in [3.8, 4) is 0 Å². The second kappa shape index (κ2) is 2.90. The highest BCUT2D eigenvalue weighted by Gasteiger charge is 2.20. The van der Waals surface area contributed by atoms with Gasteiger partial charge < -0.3 is 0 Å². The summed E-state index contributed by atoms with van der Waals surface area (Å²) >= 11 is 1.55. The summed E-state index contributed by atoms with van der Waals surface area (Å²) in [6.07, 6.45) is 0.457. The van der Waals surface area contributed by atoms with Gasteiger partial charge in [0.25, 0.3) is 0 Å². The number of hydrogen-bond donors (Lipinski definition) is 0. The Balaban J connectivity index is 2.60. The van der Waals surface area contributed by atoms with Gasteiger partial charge in [-0.1, -0.05) is 6.07 Å². The van der Waals surface area contributed by atoms with Crippen LogP contribution in [-0.2, 0) is 0 Å². The van der Waals surface area contributed by atoms with Crippen LogP contribution in [0.2, 0.25) is 0 Å². The molecule has 1 heterocycles. The first kappa shape index (κ1) is 7.80. The number of halogens is 1. The minimum atomic E-state index is -0.385. The van der Waals surface area contributed by atoms with E-state index in [1.165, 1.54) is 6.07 Å². The van der Waals surface area contributed by atoms with Crippen LogP contribution in [0, 0.1) is 5.82 Å². The van der Waals surface area contributed by atoms with Crippen LogP contribution in [0.1, 0.15) is 16.8 Å². The molecule has 1 aromatic rings. The monoisotopic (exact) mass is 182 g/mol. The number of thioether (sulfide) groups is 1. The Bertz CT molecular complexity index is 335. The zero-order valence-corrected chi connectivity index (χ0v) is 7.16. The number of fused-ring (bicyclic) bond motifs is 1. The van der Waals surface area contributed by atoms with E-state index in [0.717, 1.165) is 10.6 Å². The lowest BCUT2D eigenvalue weighted by molar-refractivity contribution is 0.0980. The standard InChI is InChI=1S/C9H7FOS/c10-6-2-1-3-8-9(6)7(11)4-5-12-8/h1-3H,4-5H2. The summed E-state index contributed by atoms with van der Waals surface area (Å²) in [7, 11) is 0. The zero-order chi connectivity index (χ0) is 8.55. The first-order chi connectivity index (χ1) is 5.79. The lowest BCUT2D eigenvalue weighted by atomic mass is 10.1. The van der Waals surface area contributed by atoms with Gasteiger partial charge in [-0.3, -0.25) is 4.79 Å². The van der Waals surface area contributed by atoms with Crippen LogP contribution < -0.4 is 0 Å². The van der Waals surface area contributed by atoms with E-state index in [2.05, 4.69) is 0 Å². The van der Waals surface area contributed by atoms with Crippen molar-refractivity contribution in [1.29, 1.82) is 0 Å². The molecule has 62 valence electrons. The first-order valence-electron chi connectivity index (χ1n) is 3.73. The molecule has 0 saturated heterocycles. The first-order valence-corrected chi connectivity index (χ1v) is 4.72. The molecule has 3 heteroatoms. The molecule has 0 saturated carbocycles. The van der Waals surface area contributed by atoms with E-state index in [9.17, 15) is 9.18 Å². The Kier molecular flexibility index (Phi) is 1.89. The van der Waals surface area contributed by atoms with Crippen molar-refractivity contribution in [3.05, 3.63) is 29.6 Å². The Morgan fingerprint density at radius 2 is 2.25 bits per heavy atom. The summed E-state index contributed by atoms with van der Waals surface area (Å²) in [5.41, 5.74) is 0.286. The molecule has 0 unspecified atom stereocenters. The van der Waals surface area contributed by atoms with Crippen molar-refractivity contribution < 1.29 is 9.18 Å². The van der Waals surface area contributed by atoms with Crippen molar-refractivity contribution in [1.82, 2.24) is 0 Å². The van der Waals surface area contributed by atoms with Crippen molar-refractivity contribution in [3.63, 3.8) is 0 Å². The van der Waals surface area contributed by atoms with Crippen LogP contribution in [0.25, 0.3) is 0 Å². The van der Waals surface area contributed by atoms with E-state index in [1.807, 2.05) is 0 Å². The maximum Gasteiger partial charge on any atom is 0.167 e. The molecule has 1 nitrogen and oxygen atoms in total. The molecular weight excluding hydrogens is 175 g/mol. The Labute approximate surface area is 74.0 Å². The topological polar surface area (TPSA) is 17.1 Å². The summed E-state index contributed by atoms with van der Waals surface area (Å²) < 4.78 is 13.1. The van der Waals surface area contributed by atoms with E-state index in [1.54, 1.807) is 23.9 Å². The number of hydrogen-bond acceptors (Lipinski definition) is 2. The Hall–Kier alpha value is -0.830. The summed E-state index contributed by atoms with van der Waals surface area (Å²) in [5, 5.41) is 0. The molecule has 1 aromatic carbocycles. The van der Waals surface area contributed by atoms with Crippen molar-refractivity contribution >= 4 is 17.5 Å². The van der Waals surface area contributed by atoms with Gasteiger partial charge in [0.15, 0.2) is 5.78 Å². The van der Waals surface area contributed by atoms with Gasteiger partial charge in [0.2, 0.25) is 0 Å². The molecule has 2 rings (SSSR count). The van der Waals surface area contributed by atoms with Gasteiger partial charge in [-0.05, 0) is 12.1 Å². The molecule has 0 aromatic heterocycles. The minimum absolute atomic E-state index is 0.0677. The smallest absolute Gasteiger partial charge is 0.167 e. The molecule has 0 N–H and O–H groups in total. The molecule has 0 spiro atoms. The highest BCUT2D eigenvalue weighted by Crippen LogP contribution is 2.31. The number of ketones is 1. The second-order valence-electron chi connectivity index (χ2n) is 2.63. The van der Waals surface area contributed by atoms with Crippen LogP contribution >= 0.6 is 11.8 Å². The van der Waals surface area contributed by atoms with Crippen LogP contribution in [0.4, 0.5) is 4.39 Å². The van der Waals surface area contributed by atoms with Gasteiger partial charge in [0.05, 0.1) is 5.56 Å². The molecule has 0 radical (unpaired) electrons. The average Bonchev–Trinajstić information content (AvgIpc) is 2.04. The molecule has 0 aliphatic carbocycles. The normalized spacial score (nSPS) is 15.9. The number of carbonyl (C=O) groups is 1. The van der Waals surface area contributed by atoms with Crippen molar-refractivity contribution in [2.45, 2.75) is 11.3 Å². The van der Waals surface area contributed by atoms with Crippen molar-refractivity contribution in [2.75, 3.05) is 5.75 Å². The van der Waals surface area contributed by atoms with Crippen LogP contribution in [0.3, 0.4) is 0 Å².